The van der Waals surface area contributed by atoms with Gasteiger partial charge in [0.15, 0.2) is 0 Å². The van der Waals surface area contributed by atoms with Crippen LogP contribution in [0, 0.1) is 19.8 Å². The number of rotatable bonds is 8. The topological polar surface area (TPSA) is 46.6 Å². The van der Waals surface area contributed by atoms with E-state index in [0.29, 0.717) is 19.5 Å². The predicted octanol–water partition coefficient (Wildman–Crippen LogP) is 3.44. The Hall–Kier alpha value is -1.49. The molecule has 5 heteroatoms. The van der Waals surface area contributed by atoms with E-state index in [9.17, 15) is 9.59 Å². The number of amides is 1. The van der Waals surface area contributed by atoms with E-state index in [0.717, 1.165) is 5.75 Å². The van der Waals surface area contributed by atoms with Crippen LogP contribution in [0.3, 0.4) is 0 Å². The molecule has 1 atom stereocenters. The molecule has 1 unspecified atom stereocenters. The molecule has 1 rings (SSSR count). The van der Waals surface area contributed by atoms with Gasteiger partial charge in [0.05, 0.1) is 13.0 Å². The summed E-state index contributed by atoms with van der Waals surface area (Å²) in [7, 11) is 1.37. The third-order valence-electron chi connectivity index (χ3n) is 3.90. The largest absolute Gasteiger partial charge is 0.469 e. The van der Waals surface area contributed by atoms with Crippen LogP contribution in [-0.2, 0) is 14.3 Å². The predicted molar refractivity (Wildman–Crippen MR) is 94.7 cm³/mol. The number of aryl methyl sites for hydroxylation is 2. The number of hydrogen-bond donors (Lipinski definition) is 0. The molecular weight excluding hydrogens is 310 g/mol. The van der Waals surface area contributed by atoms with E-state index in [1.54, 1.807) is 23.6 Å². The Morgan fingerprint density at radius 3 is 2.52 bits per heavy atom. The first kappa shape index (κ1) is 19.6. The summed E-state index contributed by atoms with van der Waals surface area (Å²) >= 11 is 1.69. The molecule has 0 heterocycles. The van der Waals surface area contributed by atoms with Crippen LogP contribution in [0.2, 0.25) is 0 Å². The summed E-state index contributed by atoms with van der Waals surface area (Å²) in [4.78, 5) is 26.7. The first-order valence-electron chi connectivity index (χ1n) is 7.94. The number of esters is 1. The highest BCUT2D eigenvalue weighted by atomic mass is 32.2. The normalized spacial score (nSPS) is 11.9. The SMILES string of the molecule is CCN(CC(C)C(=O)OC)C(=O)CCSc1ccc(C)c(C)c1. The smallest absolute Gasteiger partial charge is 0.310 e. The van der Waals surface area contributed by atoms with Gasteiger partial charge in [-0.3, -0.25) is 9.59 Å². The minimum Gasteiger partial charge on any atom is -0.469 e. The first-order valence-corrected chi connectivity index (χ1v) is 8.93. The third-order valence-corrected chi connectivity index (χ3v) is 4.89. The van der Waals surface area contributed by atoms with E-state index >= 15 is 0 Å². The standard InChI is InChI=1S/C18H27NO3S/c1-6-19(12-15(4)18(21)22-5)17(20)9-10-23-16-8-7-13(2)14(3)11-16/h7-8,11,15H,6,9-10,12H2,1-5H3. The Morgan fingerprint density at radius 2 is 1.96 bits per heavy atom. The fourth-order valence-electron chi connectivity index (χ4n) is 2.23. The van der Waals surface area contributed by atoms with Crippen molar-refractivity contribution in [1.29, 1.82) is 0 Å². The Kier molecular flexibility index (Phi) is 8.17. The van der Waals surface area contributed by atoms with Crippen molar-refractivity contribution in [3.63, 3.8) is 0 Å². The Labute approximate surface area is 143 Å². The minimum atomic E-state index is -0.295. The van der Waals surface area contributed by atoms with E-state index in [1.165, 1.54) is 23.1 Å². The maximum Gasteiger partial charge on any atom is 0.310 e. The average Bonchev–Trinajstić information content (AvgIpc) is 2.54. The van der Waals surface area contributed by atoms with Crippen molar-refractivity contribution in [2.45, 2.75) is 39.0 Å². The minimum absolute atomic E-state index is 0.0830. The molecule has 0 fully saturated rings. The van der Waals surface area contributed by atoms with Crippen LogP contribution in [-0.4, -0.2) is 42.7 Å². The molecule has 0 N–H and O–H groups in total. The molecule has 128 valence electrons. The van der Waals surface area contributed by atoms with Crippen LogP contribution < -0.4 is 0 Å². The number of benzene rings is 1. The maximum absolute atomic E-state index is 12.3. The molecule has 1 aromatic rings. The van der Waals surface area contributed by atoms with Gasteiger partial charge >= 0.3 is 5.97 Å². The highest BCUT2D eigenvalue weighted by Gasteiger charge is 2.20. The van der Waals surface area contributed by atoms with Crippen molar-refractivity contribution in [1.82, 2.24) is 4.90 Å². The molecule has 23 heavy (non-hydrogen) atoms. The highest BCUT2D eigenvalue weighted by Crippen LogP contribution is 2.22. The molecule has 0 aromatic heterocycles. The summed E-state index contributed by atoms with van der Waals surface area (Å²) in [6.45, 7) is 8.92. The number of ether oxygens (including phenoxy) is 1. The summed E-state index contributed by atoms with van der Waals surface area (Å²) in [6.07, 6.45) is 0.472. The van der Waals surface area contributed by atoms with E-state index in [2.05, 4.69) is 32.0 Å². The molecule has 0 aliphatic carbocycles. The number of nitrogens with zero attached hydrogens (tertiary/aromatic N) is 1. The molecule has 0 aliphatic heterocycles. The van der Waals surface area contributed by atoms with E-state index in [-0.39, 0.29) is 17.8 Å². The fourth-order valence-corrected chi connectivity index (χ4v) is 3.17. The van der Waals surface area contributed by atoms with E-state index in [1.807, 2.05) is 6.92 Å². The van der Waals surface area contributed by atoms with Gasteiger partial charge in [0.25, 0.3) is 0 Å². The van der Waals surface area contributed by atoms with Crippen LogP contribution in [0.5, 0.6) is 0 Å². The molecule has 0 saturated carbocycles. The maximum atomic E-state index is 12.3. The second-order valence-electron chi connectivity index (χ2n) is 5.70. The van der Waals surface area contributed by atoms with Gasteiger partial charge in [0.1, 0.15) is 0 Å². The Morgan fingerprint density at radius 1 is 1.26 bits per heavy atom. The molecule has 4 nitrogen and oxygen atoms in total. The number of carbonyl (C=O) groups excluding carboxylic acids is 2. The Bertz CT molecular complexity index is 545. The van der Waals surface area contributed by atoms with Gasteiger partial charge in [0.2, 0.25) is 5.91 Å². The zero-order chi connectivity index (χ0) is 17.4. The molecule has 0 radical (unpaired) electrons. The van der Waals surface area contributed by atoms with Crippen LogP contribution >= 0.6 is 11.8 Å². The second-order valence-corrected chi connectivity index (χ2v) is 6.87. The zero-order valence-electron chi connectivity index (χ0n) is 14.7. The van der Waals surface area contributed by atoms with Gasteiger partial charge < -0.3 is 9.64 Å². The number of thioether (sulfide) groups is 1. The second kappa shape index (κ2) is 9.60. The van der Waals surface area contributed by atoms with Crippen LogP contribution in [0.4, 0.5) is 0 Å². The highest BCUT2D eigenvalue weighted by molar-refractivity contribution is 7.99. The van der Waals surface area contributed by atoms with Crippen LogP contribution in [0.1, 0.15) is 31.4 Å². The lowest BCUT2D eigenvalue weighted by atomic mass is 10.1. The lowest BCUT2D eigenvalue weighted by Gasteiger charge is -2.23. The van der Waals surface area contributed by atoms with Crippen molar-refractivity contribution < 1.29 is 14.3 Å². The van der Waals surface area contributed by atoms with Gasteiger partial charge in [-0.25, -0.2) is 0 Å². The zero-order valence-corrected chi connectivity index (χ0v) is 15.5. The van der Waals surface area contributed by atoms with Crippen molar-refractivity contribution in [2.75, 3.05) is 26.0 Å². The van der Waals surface area contributed by atoms with Crippen LogP contribution in [0.15, 0.2) is 23.1 Å². The lowest BCUT2D eigenvalue weighted by Crippen LogP contribution is -2.37. The van der Waals surface area contributed by atoms with Crippen LogP contribution in [0.25, 0.3) is 0 Å². The molecular formula is C18H27NO3S. The Balaban J connectivity index is 2.47. The average molecular weight is 337 g/mol. The molecule has 0 aliphatic rings. The summed E-state index contributed by atoms with van der Waals surface area (Å²) in [5.74, 6) is 0.251. The van der Waals surface area contributed by atoms with Gasteiger partial charge in [-0.15, -0.1) is 11.8 Å². The van der Waals surface area contributed by atoms with Crippen molar-refractivity contribution in [2.24, 2.45) is 5.92 Å². The van der Waals surface area contributed by atoms with Crippen molar-refractivity contribution in [3.8, 4) is 0 Å². The molecule has 0 saturated heterocycles. The first-order chi connectivity index (χ1) is 10.9. The fraction of sp³-hybridized carbons (Fsp3) is 0.556. The van der Waals surface area contributed by atoms with E-state index in [4.69, 9.17) is 4.74 Å². The van der Waals surface area contributed by atoms with Gasteiger partial charge in [-0.1, -0.05) is 13.0 Å². The summed E-state index contributed by atoms with van der Waals surface area (Å²) in [6, 6.07) is 6.35. The van der Waals surface area contributed by atoms with E-state index < -0.39 is 0 Å². The van der Waals surface area contributed by atoms with Crippen molar-refractivity contribution >= 4 is 23.6 Å². The van der Waals surface area contributed by atoms with Gasteiger partial charge in [-0.05, 0) is 44.0 Å². The quantitative estimate of drug-likeness (QED) is 0.538. The number of carbonyl (C=O) groups is 2. The number of methoxy groups -OCH3 is 1. The summed E-state index contributed by atoms with van der Waals surface area (Å²) in [5.41, 5.74) is 2.54. The summed E-state index contributed by atoms with van der Waals surface area (Å²) < 4.78 is 4.72. The van der Waals surface area contributed by atoms with Crippen molar-refractivity contribution in [3.05, 3.63) is 29.3 Å². The lowest BCUT2D eigenvalue weighted by molar-refractivity contribution is -0.146. The monoisotopic (exact) mass is 337 g/mol. The number of hydrogen-bond acceptors (Lipinski definition) is 4. The molecule has 1 aromatic carbocycles. The van der Waals surface area contributed by atoms with Gasteiger partial charge in [-0.2, -0.15) is 0 Å². The third kappa shape index (κ3) is 6.26. The molecule has 0 bridgehead atoms. The molecule has 0 spiro atoms. The summed E-state index contributed by atoms with van der Waals surface area (Å²) in [5, 5.41) is 0. The molecule has 1 amide bonds. The van der Waals surface area contributed by atoms with Gasteiger partial charge in [0, 0.05) is 30.2 Å².